The average Bonchev–Trinajstić information content (AvgIpc) is 3.12. The molecule has 4 aliphatic carbocycles. The molecule has 2 aromatic heterocycles. The average molecular weight is 410 g/mol. The number of aromatic nitrogens is 2. The normalized spacial score (nSPS) is 30.5. The molecule has 0 radical (unpaired) electrons. The molecule has 2 heterocycles. The number of carbonyl (C=O) groups is 2. The fourth-order valence-electron chi connectivity index (χ4n) is 6.93. The van der Waals surface area contributed by atoms with E-state index in [4.69, 9.17) is 0 Å². The van der Waals surface area contributed by atoms with Crippen molar-refractivity contribution in [2.24, 2.45) is 23.2 Å². The summed E-state index contributed by atoms with van der Waals surface area (Å²) in [4.78, 5) is 29.3. The van der Waals surface area contributed by atoms with E-state index >= 15 is 0 Å². The lowest BCUT2D eigenvalue weighted by atomic mass is 9.49. The van der Waals surface area contributed by atoms with E-state index in [0.717, 1.165) is 30.7 Å². The molecule has 30 heavy (non-hydrogen) atoms. The standard InChI is InChI=1S/C24H31N3O3/c1-2-4-18(23(29)30)19-13-27-20(5-3-6-21(27)26-19)22(28)25-14-24-10-15-7-16(11-24)9-17(8-15)12-24/h3,5-6,13,15-18H,2,4,7-12,14H2,1H3,(H,25,28)(H,29,30). The SMILES string of the molecule is CCCC(C(=O)O)c1cn2c(C(=O)NCC34CC5CC(CC(C5)C3)C4)cccc2n1. The number of pyridine rings is 1. The van der Waals surface area contributed by atoms with Crippen molar-refractivity contribution in [1.29, 1.82) is 0 Å². The van der Waals surface area contributed by atoms with Crippen molar-refractivity contribution in [1.82, 2.24) is 14.7 Å². The minimum absolute atomic E-state index is 0.0948. The van der Waals surface area contributed by atoms with Crippen LogP contribution in [-0.4, -0.2) is 32.9 Å². The first kappa shape index (κ1) is 19.6. The van der Waals surface area contributed by atoms with Crippen LogP contribution in [-0.2, 0) is 4.79 Å². The first-order valence-electron chi connectivity index (χ1n) is 11.5. The number of imidazole rings is 1. The summed E-state index contributed by atoms with van der Waals surface area (Å²) in [6, 6.07) is 5.44. The van der Waals surface area contributed by atoms with Crippen molar-refractivity contribution in [3.63, 3.8) is 0 Å². The Kier molecular flexibility index (Phi) is 4.83. The number of carbonyl (C=O) groups excluding carboxylic acids is 1. The molecule has 6 rings (SSSR count). The third-order valence-corrected chi connectivity index (χ3v) is 7.76. The molecular weight excluding hydrogens is 378 g/mol. The highest BCUT2D eigenvalue weighted by atomic mass is 16.4. The van der Waals surface area contributed by atoms with E-state index in [1.165, 1.54) is 38.5 Å². The molecular formula is C24H31N3O3. The topological polar surface area (TPSA) is 83.7 Å². The van der Waals surface area contributed by atoms with Crippen molar-refractivity contribution < 1.29 is 14.7 Å². The molecule has 0 aromatic carbocycles. The molecule has 4 aliphatic rings. The number of fused-ring (bicyclic) bond motifs is 1. The second-order valence-electron chi connectivity index (χ2n) is 10.1. The monoisotopic (exact) mass is 409 g/mol. The zero-order valence-electron chi connectivity index (χ0n) is 17.6. The van der Waals surface area contributed by atoms with Gasteiger partial charge in [-0.15, -0.1) is 0 Å². The number of hydrogen-bond donors (Lipinski definition) is 2. The lowest BCUT2D eigenvalue weighted by molar-refractivity contribution is -0.139. The maximum Gasteiger partial charge on any atom is 0.312 e. The second-order valence-corrected chi connectivity index (χ2v) is 10.1. The van der Waals surface area contributed by atoms with E-state index in [0.29, 0.717) is 23.5 Å². The highest BCUT2D eigenvalue weighted by molar-refractivity contribution is 5.93. The third kappa shape index (κ3) is 3.40. The van der Waals surface area contributed by atoms with Gasteiger partial charge in [0, 0.05) is 12.7 Å². The van der Waals surface area contributed by atoms with Gasteiger partial charge in [0.25, 0.3) is 5.91 Å². The smallest absolute Gasteiger partial charge is 0.312 e. The summed E-state index contributed by atoms with van der Waals surface area (Å²) in [5.74, 6) is 0.978. The zero-order valence-corrected chi connectivity index (χ0v) is 17.6. The fourth-order valence-corrected chi connectivity index (χ4v) is 6.93. The molecule has 4 bridgehead atoms. The minimum Gasteiger partial charge on any atom is -0.481 e. The van der Waals surface area contributed by atoms with Gasteiger partial charge in [-0.3, -0.25) is 14.0 Å². The van der Waals surface area contributed by atoms with Gasteiger partial charge in [-0.25, -0.2) is 4.98 Å². The molecule has 160 valence electrons. The number of hydrogen-bond acceptors (Lipinski definition) is 3. The number of aliphatic carboxylic acids is 1. The molecule has 2 N–H and O–H groups in total. The zero-order chi connectivity index (χ0) is 20.9. The molecule has 4 saturated carbocycles. The van der Waals surface area contributed by atoms with E-state index in [9.17, 15) is 14.7 Å². The van der Waals surface area contributed by atoms with Gasteiger partial charge < -0.3 is 10.4 Å². The predicted molar refractivity (Wildman–Crippen MR) is 113 cm³/mol. The van der Waals surface area contributed by atoms with Gasteiger partial charge in [-0.05, 0) is 80.2 Å². The largest absolute Gasteiger partial charge is 0.481 e. The Morgan fingerprint density at radius 2 is 1.87 bits per heavy atom. The summed E-state index contributed by atoms with van der Waals surface area (Å²) in [7, 11) is 0. The highest BCUT2D eigenvalue weighted by Gasteiger charge is 2.50. The van der Waals surface area contributed by atoms with Gasteiger partial charge in [-0.2, -0.15) is 0 Å². The number of carboxylic acids is 1. The third-order valence-electron chi connectivity index (χ3n) is 7.76. The van der Waals surface area contributed by atoms with Crippen molar-refractivity contribution in [2.75, 3.05) is 6.54 Å². The van der Waals surface area contributed by atoms with E-state index in [2.05, 4.69) is 10.3 Å². The fraction of sp³-hybridized carbons (Fsp3) is 0.625. The van der Waals surface area contributed by atoms with Gasteiger partial charge in [-0.1, -0.05) is 19.4 Å². The molecule has 6 heteroatoms. The van der Waals surface area contributed by atoms with Crippen LogP contribution in [0.4, 0.5) is 0 Å². The van der Waals surface area contributed by atoms with E-state index in [1.54, 1.807) is 16.7 Å². The summed E-state index contributed by atoms with van der Waals surface area (Å²) in [5, 5.41) is 12.8. The summed E-state index contributed by atoms with van der Waals surface area (Å²) in [5.41, 5.74) is 1.95. The Morgan fingerprint density at radius 1 is 1.20 bits per heavy atom. The number of nitrogens with one attached hydrogen (secondary N) is 1. The maximum absolute atomic E-state index is 13.1. The quantitative estimate of drug-likeness (QED) is 0.716. The van der Waals surface area contributed by atoms with Crippen LogP contribution in [0.5, 0.6) is 0 Å². The lowest BCUT2D eigenvalue weighted by Gasteiger charge is -2.56. The van der Waals surface area contributed by atoms with Crippen molar-refractivity contribution in [3.05, 3.63) is 35.8 Å². The Labute approximate surface area is 177 Å². The van der Waals surface area contributed by atoms with Gasteiger partial charge >= 0.3 is 5.97 Å². The molecule has 0 spiro atoms. The molecule has 1 unspecified atom stereocenters. The number of amides is 1. The van der Waals surface area contributed by atoms with E-state index in [1.807, 2.05) is 19.1 Å². The van der Waals surface area contributed by atoms with Crippen LogP contribution in [0.15, 0.2) is 24.4 Å². The van der Waals surface area contributed by atoms with Crippen LogP contribution in [0.25, 0.3) is 5.65 Å². The molecule has 0 saturated heterocycles. The first-order valence-corrected chi connectivity index (χ1v) is 11.5. The predicted octanol–water partition coefficient (Wildman–Crippen LogP) is 4.25. The van der Waals surface area contributed by atoms with Gasteiger partial charge in [0.15, 0.2) is 0 Å². The lowest BCUT2D eigenvalue weighted by Crippen LogP contribution is -2.51. The van der Waals surface area contributed by atoms with Gasteiger partial charge in [0.1, 0.15) is 17.3 Å². The van der Waals surface area contributed by atoms with Gasteiger partial charge in [0.2, 0.25) is 0 Å². The minimum atomic E-state index is -0.868. The number of carboxylic acid groups (broad SMARTS) is 1. The molecule has 4 fully saturated rings. The van der Waals surface area contributed by atoms with Crippen LogP contribution >= 0.6 is 0 Å². The molecule has 2 aromatic rings. The van der Waals surface area contributed by atoms with Gasteiger partial charge in [0.05, 0.1) is 5.69 Å². The van der Waals surface area contributed by atoms with Crippen LogP contribution in [0.3, 0.4) is 0 Å². The molecule has 6 nitrogen and oxygen atoms in total. The number of nitrogens with zero attached hydrogens (tertiary/aromatic N) is 2. The second kappa shape index (κ2) is 7.40. The van der Waals surface area contributed by atoms with E-state index in [-0.39, 0.29) is 11.3 Å². The Balaban J connectivity index is 1.35. The molecule has 0 aliphatic heterocycles. The Hall–Kier alpha value is -2.37. The summed E-state index contributed by atoms with van der Waals surface area (Å²) < 4.78 is 1.75. The molecule has 1 amide bonds. The van der Waals surface area contributed by atoms with Crippen molar-refractivity contribution >= 4 is 17.5 Å². The summed E-state index contributed by atoms with van der Waals surface area (Å²) in [6.07, 6.45) is 11.0. The van der Waals surface area contributed by atoms with Crippen LogP contribution < -0.4 is 5.32 Å². The van der Waals surface area contributed by atoms with E-state index < -0.39 is 11.9 Å². The van der Waals surface area contributed by atoms with Crippen LogP contribution in [0.2, 0.25) is 0 Å². The van der Waals surface area contributed by atoms with Crippen molar-refractivity contribution in [2.45, 2.75) is 64.2 Å². The highest BCUT2D eigenvalue weighted by Crippen LogP contribution is 2.59. The van der Waals surface area contributed by atoms with Crippen LogP contribution in [0.1, 0.15) is 80.4 Å². The number of rotatable bonds is 7. The van der Waals surface area contributed by atoms with Crippen molar-refractivity contribution in [3.8, 4) is 0 Å². The Bertz CT molecular complexity index is 944. The summed E-state index contributed by atoms with van der Waals surface area (Å²) >= 11 is 0. The Morgan fingerprint density at radius 3 is 2.47 bits per heavy atom. The summed E-state index contributed by atoms with van der Waals surface area (Å²) in [6.45, 7) is 2.72. The van der Waals surface area contributed by atoms with Crippen LogP contribution in [0, 0.1) is 23.2 Å². The maximum atomic E-state index is 13.1. The first-order chi connectivity index (χ1) is 14.5. The molecule has 1 atom stereocenters.